The van der Waals surface area contributed by atoms with Crippen molar-refractivity contribution >= 4 is 5.97 Å². The minimum atomic E-state index is -0.756. The average molecular weight is 445 g/mol. The Morgan fingerprint density at radius 2 is 1.84 bits per heavy atom. The summed E-state index contributed by atoms with van der Waals surface area (Å²) in [4.78, 5) is 11.7. The molecule has 2 aromatic rings. The molecule has 0 amide bonds. The Morgan fingerprint density at radius 1 is 1.16 bits per heavy atom. The Morgan fingerprint density at radius 3 is 2.44 bits per heavy atom. The van der Waals surface area contributed by atoms with Crippen LogP contribution in [0.5, 0.6) is 11.5 Å². The second-order valence-corrected chi connectivity index (χ2v) is 8.69. The van der Waals surface area contributed by atoms with Gasteiger partial charge in [-0.1, -0.05) is 32.0 Å². The van der Waals surface area contributed by atoms with Gasteiger partial charge in [-0.05, 0) is 72.4 Å². The zero-order valence-corrected chi connectivity index (χ0v) is 19.2. The number of benzene rings is 2. The lowest BCUT2D eigenvalue weighted by Crippen LogP contribution is -2.28. The molecule has 3 rings (SSSR count). The number of carboxylic acids is 1. The highest BCUT2D eigenvalue weighted by Crippen LogP contribution is 2.46. The molecule has 0 bridgehead atoms. The summed E-state index contributed by atoms with van der Waals surface area (Å²) in [6, 6.07) is 12.4. The monoisotopic (exact) mass is 444 g/mol. The van der Waals surface area contributed by atoms with E-state index in [0.717, 1.165) is 17.5 Å². The molecule has 1 N–H and O–H groups in total. The Labute approximate surface area is 189 Å². The number of methoxy groups -OCH3 is 2. The third kappa shape index (κ3) is 5.41. The molecule has 2 unspecified atom stereocenters. The number of carbonyl (C=O) groups is 1. The molecule has 2 aromatic carbocycles. The fourth-order valence-corrected chi connectivity index (χ4v) is 4.98. The Kier molecular flexibility index (Phi) is 8.13. The minimum Gasteiger partial charge on any atom is -0.493 e. The fourth-order valence-electron chi connectivity index (χ4n) is 4.98. The van der Waals surface area contributed by atoms with Gasteiger partial charge in [-0.3, -0.25) is 4.79 Å². The first-order chi connectivity index (χ1) is 15.4. The molecular formula is C26H33FO5. The molecule has 5 nitrogen and oxygen atoms in total. The van der Waals surface area contributed by atoms with Crippen LogP contribution >= 0.6 is 0 Å². The third-order valence-corrected chi connectivity index (χ3v) is 6.68. The van der Waals surface area contributed by atoms with E-state index >= 15 is 0 Å². The number of rotatable bonds is 10. The smallest absolute Gasteiger partial charge is 0.306 e. The van der Waals surface area contributed by atoms with Crippen LogP contribution < -0.4 is 9.47 Å². The molecule has 6 heteroatoms. The molecule has 1 aliphatic heterocycles. The van der Waals surface area contributed by atoms with Crippen molar-refractivity contribution in [3.63, 3.8) is 0 Å². The number of ether oxygens (including phenoxy) is 3. The van der Waals surface area contributed by atoms with E-state index in [2.05, 4.69) is 6.92 Å². The van der Waals surface area contributed by atoms with Crippen LogP contribution in [0.3, 0.4) is 0 Å². The van der Waals surface area contributed by atoms with Gasteiger partial charge in [0.25, 0.3) is 0 Å². The van der Waals surface area contributed by atoms with Crippen molar-refractivity contribution in [2.24, 2.45) is 23.7 Å². The quantitative estimate of drug-likeness (QED) is 0.522. The predicted molar refractivity (Wildman–Crippen MR) is 121 cm³/mol. The summed E-state index contributed by atoms with van der Waals surface area (Å²) in [7, 11) is 3.23. The van der Waals surface area contributed by atoms with Crippen LogP contribution in [-0.4, -0.2) is 31.9 Å². The molecule has 174 valence electrons. The largest absolute Gasteiger partial charge is 0.493 e. The van der Waals surface area contributed by atoms with Crippen LogP contribution in [0.1, 0.15) is 43.9 Å². The van der Waals surface area contributed by atoms with Gasteiger partial charge < -0.3 is 19.3 Å². The summed E-state index contributed by atoms with van der Waals surface area (Å²) in [5, 5.41) is 9.59. The first-order valence-electron chi connectivity index (χ1n) is 11.2. The second kappa shape index (κ2) is 10.8. The lowest BCUT2D eigenvalue weighted by atomic mass is 9.73. The highest BCUT2D eigenvalue weighted by Gasteiger charge is 2.42. The van der Waals surface area contributed by atoms with Gasteiger partial charge in [0.05, 0.1) is 32.8 Å². The molecule has 0 radical (unpaired) electrons. The molecule has 0 saturated carbocycles. The molecule has 1 aliphatic rings. The van der Waals surface area contributed by atoms with Crippen molar-refractivity contribution in [1.29, 1.82) is 0 Å². The van der Waals surface area contributed by atoms with E-state index in [4.69, 9.17) is 14.2 Å². The van der Waals surface area contributed by atoms with E-state index in [1.54, 1.807) is 26.4 Å². The minimum absolute atomic E-state index is 0.113. The normalized spacial score (nSPS) is 22.3. The number of hydrogen-bond donors (Lipinski definition) is 1. The summed E-state index contributed by atoms with van der Waals surface area (Å²) in [6.07, 6.45) is 1.76. The molecule has 5 atom stereocenters. The Hall–Kier alpha value is -2.60. The molecule has 32 heavy (non-hydrogen) atoms. The molecule has 1 saturated heterocycles. The van der Waals surface area contributed by atoms with Gasteiger partial charge in [-0.2, -0.15) is 0 Å². The topological polar surface area (TPSA) is 65.0 Å². The third-order valence-electron chi connectivity index (χ3n) is 6.68. The molecular weight excluding hydrogens is 411 g/mol. The summed E-state index contributed by atoms with van der Waals surface area (Å²) in [5.41, 5.74) is 2.04. The van der Waals surface area contributed by atoms with E-state index < -0.39 is 5.97 Å². The van der Waals surface area contributed by atoms with Crippen LogP contribution in [0, 0.1) is 29.5 Å². The molecule has 0 spiro atoms. The van der Waals surface area contributed by atoms with Crippen LogP contribution in [0.15, 0.2) is 42.5 Å². The van der Waals surface area contributed by atoms with Crippen molar-refractivity contribution in [1.82, 2.24) is 0 Å². The standard InChI is InChI=1S/C26H33FO5/c1-5-18(26(28)29)12-16(2)24-20(13-17-6-11-22(30-3)23(14-17)31-4)15-32-25(24)19-7-9-21(27)10-8-19/h6-11,14,16,18,20,24-25H,5,12-13,15H2,1-4H3,(H,28,29)/t16?,18?,20-,24+,25+/m0/s1. The van der Waals surface area contributed by atoms with Crippen LogP contribution in [0.25, 0.3) is 0 Å². The van der Waals surface area contributed by atoms with E-state index in [0.29, 0.717) is 30.9 Å². The summed E-state index contributed by atoms with van der Waals surface area (Å²) in [5.74, 6) is 0.371. The van der Waals surface area contributed by atoms with Gasteiger partial charge in [0.15, 0.2) is 11.5 Å². The van der Waals surface area contributed by atoms with Gasteiger partial charge in [-0.25, -0.2) is 4.39 Å². The van der Waals surface area contributed by atoms with Gasteiger partial charge in [0, 0.05) is 0 Å². The highest BCUT2D eigenvalue weighted by molar-refractivity contribution is 5.69. The zero-order valence-electron chi connectivity index (χ0n) is 19.2. The van der Waals surface area contributed by atoms with Crippen molar-refractivity contribution < 1.29 is 28.5 Å². The van der Waals surface area contributed by atoms with Crippen molar-refractivity contribution in [2.75, 3.05) is 20.8 Å². The van der Waals surface area contributed by atoms with Crippen molar-refractivity contribution in [3.05, 3.63) is 59.4 Å². The maximum absolute atomic E-state index is 13.5. The lowest BCUT2D eigenvalue weighted by Gasteiger charge is -2.31. The van der Waals surface area contributed by atoms with Crippen LogP contribution in [-0.2, 0) is 16.0 Å². The van der Waals surface area contributed by atoms with E-state index in [-0.39, 0.29) is 35.6 Å². The second-order valence-electron chi connectivity index (χ2n) is 8.69. The summed E-state index contributed by atoms with van der Waals surface area (Å²) >= 11 is 0. The van der Waals surface area contributed by atoms with Gasteiger partial charge in [-0.15, -0.1) is 0 Å². The van der Waals surface area contributed by atoms with Crippen LogP contribution in [0.2, 0.25) is 0 Å². The van der Waals surface area contributed by atoms with Crippen molar-refractivity contribution in [3.8, 4) is 11.5 Å². The Bertz CT molecular complexity index is 898. The zero-order chi connectivity index (χ0) is 23.3. The molecule has 1 heterocycles. The maximum atomic E-state index is 13.5. The summed E-state index contributed by atoms with van der Waals surface area (Å²) in [6.45, 7) is 4.59. The predicted octanol–water partition coefficient (Wildman–Crippen LogP) is 5.53. The number of carboxylic acid groups (broad SMARTS) is 1. The van der Waals surface area contributed by atoms with E-state index in [1.807, 2.05) is 25.1 Å². The fraction of sp³-hybridized carbons (Fsp3) is 0.500. The molecule has 1 fully saturated rings. The first-order valence-corrected chi connectivity index (χ1v) is 11.2. The number of aliphatic carboxylic acids is 1. The maximum Gasteiger partial charge on any atom is 0.306 e. The van der Waals surface area contributed by atoms with Crippen molar-refractivity contribution in [2.45, 2.75) is 39.2 Å². The number of halogens is 1. The van der Waals surface area contributed by atoms with E-state index in [1.165, 1.54) is 12.1 Å². The summed E-state index contributed by atoms with van der Waals surface area (Å²) < 4.78 is 30.6. The van der Waals surface area contributed by atoms with Gasteiger partial charge >= 0.3 is 5.97 Å². The first kappa shape index (κ1) is 24.1. The van der Waals surface area contributed by atoms with Gasteiger partial charge in [0.1, 0.15) is 5.82 Å². The van der Waals surface area contributed by atoms with E-state index in [9.17, 15) is 14.3 Å². The lowest BCUT2D eigenvalue weighted by molar-refractivity contribution is -0.142. The average Bonchev–Trinajstić information content (AvgIpc) is 3.20. The SMILES string of the molecule is CCC(CC(C)[C@@H]1[C@@H](Cc2ccc(OC)c(OC)c2)CO[C@@H]1c1ccc(F)cc1)C(=O)O. The molecule has 0 aromatic heterocycles. The highest BCUT2D eigenvalue weighted by atomic mass is 19.1. The number of hydrogen-bond acceptors (Lipinski definition) is 4. The van der Waals surface area contributed by atoms with Gasteiger partial charge in [0.2, 0.25) is 0 Å². The molecule has 0 aliphatic carbocycles. The Balaban J connectivity index is 1.88. The van der Waals surface area contributed by atoms with Crippen LogP contribution in [0.4, 0.5) is 4.39 Å².